The molecule has 1 aliphatic rings. The molecule has 0 radical (unpaired) electrons. The van der Waals surface area contributed by atoms with Gasteiger partial charge in [0.1, 0.15) is 5.82 Å². The lowest BCUT2D eigenvalue weighted by molar-refractivity contribution is -0.0601. The second kappa shape index (κ2) is 4.19. The zero-order chi connectivity index (χ0) is 10.7. The van der Waals surface area contributed by atoms with E-state index in [0.717, 1.165) is 30.9 Å². The van der Waals surface area contributed by atoms with Gasteiger partial charge in [0.2, 0.25) is 0 Å². The summed E-state index contributed by atoms with van der Waals surface area (Å²) in [5, 5.41) is 3.34. The van der Waals surface area contributed by atoms with Gasteiger partial charge in [-0.2, -0.15) is 0 Å². The Morgan fingerprint density at radius 1 is 1.47 bits per heavy atom. The van der Waals surface area contributed by atoms with Crippen molar-refractivity contribution in [1.82, 2.24) is 4.98 Å². The molecule has 0 spiro atoms. The van der Waals surface area contributed by atoms with Crippen molar-refractivity contribution in [3.8, 4) is 0 Å². The molecule has 1 N–H and O–H groups in total. The normalized spacial score (nSPS) is 18.3. The van der Waals surface area contributed by atoms with Gasteiger partial charge in [0.15, 0.2) is 0 Å². The summed E-state index contributed by atoms with van der Waals surface area (Å²) in [5.41, 5.74) is 1.10. The Morgan fingerprint density at radius 3 is 2.80 bits per heavy atom. The number of aryl methyl sites for hydroxylation is 1. The molecule has 1 aromatic rings. The van der Waals surface area contributed by atoms with Crippen LogP contribution in [-0.4, -0.2) is 24.2 Å². The summed E-state index contributed by atoms with van der Waals surface area (Å²) in [5.74, 6) is 0.943. The molecule has 1 aliphatic carbocycles. The maximum absolute atomic E-state index is 5.54. The fourth-order valence-corrected chi connectivity index (χ4v) is 1.92. The van der Waals surface area contributed by atoms with Crippen LogP contribution in [0.4, 0.5) is 5.82 Å². The van der Waals surface area contributed by atoms with E-state index in [1.54, 1.807) is 7.11 Å². The number of rotatable bonds is 4. The van der Waals surface area contributed by atoms with Gasteiger partial charge >= 0.3 is 0 Å². The van der Waals surface area contributed by atoms with Crippen molar-refractivity contribution in [2.75, 3.05) is 19.0 Å². The van der Waals surface area contributed by atoms with E-state index in [4.69, 9.17) is 4.74 Å². The molecule has 0 atom stereocenters. The molecule has 1 heterocycles. The van der Waals surface area contributed by atoms with Crippen molar-refractivity contribution in [1.29, 1.82) is 0 Å². The average Bonchev–Trinajstić information content (AvgIpc) is 2.17. The van der Waals surface area contributed by atoms with Gasteiger partial charge in [-0.1, -0.05) is 6.07 Å². The van der Waals surface area contributed by atoms with Gasteiger partial charge in [-0.15, -0.1) is 0 Å². The number of hydrogen-bond donors (Lipinski definition) is 1. The summed E-state index contributed by atoms with van der Waals surface area (Å²) in [4.78, 5) is 4.40. The monoisotopic (exact) mass is 206 g/mol. The molecule has 0 amide bonds. The Hall–Kier alpha value is -1.09. The Kier molecular flexibility index (Phi) is 2.91. The van der Waals surface area contributed by atoms with Crippen LogP contribution in [0, 0.1) is 6.92 Å². The third kappa shape index (κ3) is 2.29. The van der Waals surface area contributed by atoms with Crippen molar-refractivity contribution in [2.24, 2.45) is 0 Å². The SMILES string of the molecule is COC1(CNc2cccc(C)n2)CCC1. The van der Waals surface area contributed by atoms with Crippen LogP contribution >= 0.6 is 0 Å². The molecule has 0 aliphatic heterocycles. The minimum atomic E-state index is 0.0609. The number of hydrogen-bond acceptors (Lipinski definition) is 3. The second-order valence-electron chi connectivity index (χ2n) is 4.26. The summed E-state index contributed by atoms with van der Waals surface area (Å²) in [6.07, 6.45) is 3.58. The van der Waals surface area contributed by atoms with Gasteiger partial charge in [-0.05, 0) is 38.3 Å². The van der Waals surface area contributed by atoms with Gasteiger partial charge in [-0.25, -0.2) is 4.98 Å². The number of nitrogens with one attached hydrogen (secondary N) is 1. The highest BCUT2D eigenvalue weighted by Gasteiger charge is 2.36. The van der Waals surface area contributed by atoms with E-state index in [-0.39, 0.29) is 5.60 Å². The summed E-state index contributed by atoms with van der Waals surface area (Å²) < 4.78 is 5.54. The van der Waals surface area contributed by atoms with E-state index in [9.17, 15) is 0 Å². The Balaban J connectivity index is 1.92. The van der Waals surface area contributed by atoms with Gasteiger partial charge in [0, 0.05) is 19.3 Å². The van der Waals surface area contributed by atoms with E-state index < -0.39 is 0 Å². The third-order valence-corrected chi connectivity index (χ3v) is 3.18. The maximum Gasteiger partial charge on any atom is 0.126 e. The summed E-state index contributed by atoms with van der Waals surface area (Å²) in [6.45, 7) is 2.86. The molecule has 2 rings (SSSR count). The molecular weight excluding hydrogens is 188 g/mol. The average molecular weight is 206 g/mol. The van der Waals surface area contributed by atoms with Crippen LogP contribution < -0.4 is 5.32 Å². The maximum atomic E-state index is 5.54. The lowest BCUT2D eigenvalue weighted by Crippen LogP contribution is -2.45. The highest BCUT2D eigenvalue weighted by Crippen LogP contribution is 2.34. The minimum Gasteiger partial charge on any atom is -0.376 e. The van der Waals surface area contributed by atoms with Crippen molar-refractivity contribution >= 4 is 5.82 Å². The lowest BCUT2D eigenvalue weighted by Gasteiger charge is -2.40. The van der Waals surface area contributed by atoms with Gasteiger partial charge < -0.3 is 10.1 Å². The van der Waals surface area contributed by atoms with E-state index >= 15 is 0 Å². The van der Waals surface area contributed by atoms with Gasteiger partial charge in [0.25, 0.3) is 0 Å². The first-order chi connectivity index (χ1) is 7.24. The predicted molar refractivity (Wildman–Crippen MR) is 61.1 cm³/mol. The van der Waals surface area contributed by atoms with E-state index in [2.05, 4.69) is 10.3 Å². The first-order valence-electron chi connectivity index (χ1n) is 5.47. The molecule has 0 bridgehead atoms. The molecule has 0 unspecified atom stereocenters. The number of anilines is 1. The molecule has 1 aromatic heterocycles. The zero-order valence-corrected chi connectivity index (χ0v) is 9.42. The Bertz CT molecular complexity index is 329. The van der Waals surface area contributed by atoms with Crippen LogP contribution in [0.25, 0.3) is 0 Å². The van der Waals surface area contributed by atoms with Crippen molar-refractivity contribution in [3.05, 3.63) is 23.9 Å². The zero-order valence-electron chi connectivity index (χ0n) is 9.42. The van der Waals surface area contributed by atoms with Crippen LogP contribution in [0.2, 0.25) is 0 Å². The number of pyridine rings is 1. The van der Waals surface area contributed by atoms with Crippen LogP contribution in [0.5, 0.6) is 0 Å². The molecule has 1 saturated carbocycles. The van der Waals surface area contributed by atoms with E-state index in [1.807, 2.05) is 25.1 Å². The fraction of sp³-hybridized carbons (Fsp3) is 0.583. The van der Waals surface area contributed by atoms with Crippen LogP contribution in [0.15, 0.2) is 18.2 Å². The molecule has 3 heteroatoms. The fourth-order valence-electron chi connectivity index (χ4n) is 1.92. The molecule has 0 aromatic carbocycles. The van der Waals surface area contributed by atoms with Gasteiger partial charge in [0.05, 0.1) is 5.60 Å². The van der Waals surface area contributed by atoms with E-state index in [0.29, 0.717) is 0 Å². The number of ether oxygens (including phenoxy) is 1. The van der Waals surface area contributed by atoms with Crippen molar-refractivity contribution in [2.45, 2.75) is 31.8 Å². The topological polar surface area (TPSA) is 34.1 Å². The number of aromatic nitrogens is 1. The third-order valence-electron chi connectivity index (χ3n) is 3.18. The molecule has 82 valence electrons. The van der Waals surface area contributed by atoms with Crippen LogP contribution in [0.1, 0.15) is 25.0 Å². The van der Waals surface area contributed by atoms with Crippen LogP contribution in [-0.2, 0) is 4.74 Å². The largest absolute Gasteiger partial charge is 0.376 e. The van der Waals surface area contributed by atoms with E-state index in [1.165, 1.54) is 6.42 Å². The molecule has 3 nitrogen and oxygen atoms in total. The summed E-state index contributed by atoms with van der Waals surface area (Å²) in [7, 11) is 1.80. The number of nitrogens with zero attached hydrogens (tertiary/aromatic N) is 1. The van der Waals surface area contributed by atoms with Crippen LogP contribution in [0.3, 0.4) is 0 Å². The summed E-state index contributed by atoms with van der Waals surface area (Å²) >= 11 is 0. The Morgan fingerprint density at radius 2 is 2.27 bits per heavy atom. The molecular formula is C12H18N2O. The van der Waals surface area contributed by atoms with Gasteiger partial charge in [-0.3, -0.25) is 0 Å². The highest BCUT2D eigenvalue weighted by molar-refractivity contribution is 5.35. The predicted octanol–water partition coefficient (Wildman–Crippen LogP) is 2.37. The quantitative estimate of drug-likeness (QED) is 0.821. The smallest absolute Gasteiger partial charge is 0.126 e. The lowest BCUT2D eigenvalue weighted by atomic mass is 9.80. The molecule has 1 fully saturated rings. The van der Waals surface area contributed by atoms with Crippen molar-refractivity contribution < 1.29 is 4.74 Å². The molecule has 15 heavy (non-hydrogen) atoms. The van der Waals surface area contributed by atoms with Crippen molar-refractivity contribution in [3.63, 3.8) is 0 Å². The molecule has 0 saturated heterocycles. The summed E-state index contributed by atoms with van der Waals surface area (Å²) in [6, 6.07) is 6.01. The second-order valence-corrected chi connectivity index (χ2v) is 4.26. The minimum absolute atomic E-state index is 0.0609. The highest BCUT2D eigenvalue weighted by atomic mass is 16.5. The Labute approximate surface area is 90.9 Å². The standard InChI is InChI=1S/C12H18N2O/c1-10-5-3-6-11(14-10)13-9-12(15-2)7-4-8-12/h3,5-6H,4,7-9H2,1-2H3,(H,13,14). The number of methoxy groups -OCH3 is 1. The first-order valence-corrected chi connectivity index (χ1v) is 5.47. The first kappa shape index (κ1) is 10.4.